The zero-order valence-corrected chi connectivity index (χ0v) is 19.6. The summed E-state index contributed by atoms with van der Waals surface area (Å²) in [5.41, 5.74) is 1.81. The van der Waals surface area contributed by atoms with E-state index in [1.54, 1.807) is 0 Å². The van der Waals surface area contributed by atoms with Crippen LogP contribution in [-0.4, -0.2) is 46.7 Å². The van der Waals surface area contributed by atoms with Crippen LogP contribution in [0.3, 0.4) is 0 Å². The van der Waals surface area contributed by atoms with Crippen molar-refractivity contribution in [2.75, 3.05) is 13.1 Å². The Morgan fingerprint density at radius 3 is 2.40 bits per heavy atom. The molecule has 0 spiro atoms. The van der Waals surface area contributed by atoms with E-state index in [4.69, 9.17) is 11.6 Å². The molecule has 4 rings (SSSR count). The minimum atomic E-state index is -0.829. The first kappa shape index (κ1) is 23.6. The second kappa shape index (κ2) is 10.5. The largest absolute Gasteiger partial charge is 0.389 e. The molecule has 2 unspecified atom stereocenters. The third kappa shape index (κ3) is 5.57. The molecular formula is C25H39ClN2O2. The zero-order valence-electron chi connectivity index (χ0n) is 18.9. The lowest BCUT2D eigenvalue weighted by molar-refractivity contribution is -0.151. The van der Waals surface area contributed by atoms with Gasteiger partial charge in [-0.3, -0.25) is 4.79 Å². The van der Waals surface area contributed by atoms with Gasteiger partial charge in [0.1, 0.15) is 0 Å². The fraction of sp³-hybridized carbons (Fsp3) is 0.720. The van der Waals surface area contributed by atoms with Crippen LogP contribution in [0.5, 0.6) is 0 Å². The highest BCUT2D eigenvalue weighted by Crippen LogP contribution is 2.33. The second-order valence-electron chi connectivity index (χ2n) is 9.62. The maximum absolute atomic E-state index is 13.0. The number of fused-ring (bicyclic) bond motifs is 2. The molecule has 2 aliphatic carbocycles. The SMILES string of the molecule is CC(C)N(C(=O)C(C)C1(O)CCNCC1)C1CCCCC1.ClC1Cc2cccc1c2. The molecule has 2 atom stereocenters. The molecule has 1 heterocycles. The van der Waals surface area contributed by atoms with Gasteiger partial charge in [0.15, 0.2) is 0 Å². The maximum atomic E-state index is 13.0. The highest BCUT2D eigenvalue weighted by Gasteiger charge is 2.42. The topological polar surface area (TPSA) is 52.6 Å². The van der Waals surface area contributed by atoms with Gasteiger partial charge >= 0.3 is 0 Å². The van der Waals surface area contributed by atoms with Crippen molar-refractivity contribution in [2.24, 2.45) is 5.92 Å². The molecule has 4 nitrogen and oxygen atoms in total. The predicted molar refractivity (Wildman–Crippen MR) is 124 cm³/mol. The molecule has 1 aliphatic heterocycles. The van der Waals surface area contributed by atoms with Crippen molar-refractivity contribution in [3.8, 4) is 0 Å². The number of alkyl halides is 1. The number of hydrogen-bond acceptors (Lipinski definition) is 3. The van der Waals surface area contributed by atoms with E-state index in [1.165, 1.54) is 30.4 Å². The predicted octanol–water partition coefficient (Wildman–Crippen LogP) is 4.83. The molecule has 1 saturated carbocycles. The standard InChI is InChI=1S/C17H32N2O2.C8H7Cl/c1-13(2)19(15-7-5-4-6-8-15)16(20)14(3)17(21)9-11-18-12-10-17;9-8-5-6-2-1-3-7(8)4-6/h13-15,18,21H,4-12H2,1-3H3;1-4,8H,5H2. The van der Waals surface area contributed by atoms with Gasteiger partial charge in [-0.25, -0.2) is 0 Å². The Labute approximate surface area is 187 Å². The van der Waals surface area contributed by atoms with Gasteiger partial charge in [0.2, 0.25) is 5.91 Å². The molecule has 2 bridgehead atoms. The van der Waals surface area contributed by atoms with Gasteiger partial charge in [-0.2, -0.15) is 0 Å². The summed E-state index contributed by atoms with van der Waals surface area (Å²) in [4.78, 5) is 15.1. The smallest absolute Gasteiger partial charge is 0.228 e. The van der Waals surface area contributed by atoms with Gasteiger partial charge in [-0.15, -0.1) is 11.6 Å². The first-order valence-electron chi connectivity index (χ1n) is 11.8. The highest BCUT2D eigenvalue weighted by atomic mass is 35.5. The quantitative estimate of drug-likeness (QED) is 0.667. The number of nitrogens with zero attached hydrogens (tertiary/aromatic N) is 1. The number of nitrogens with one attached hydrogen (secondary N) is 1. The van der Waals surface area contributed by atoms with Crippen LogP contribution in [0.4, 0.5) is 0 Å². The third-order valence-corrected chi connectivity index (χ3v) is 7.56. The number of halogens is 1. The Morgan fingerprint density at radius 2 is 1.83 bits per heavy atom. The van der Waals surface area contributed by atoms with Crippen molar-refractivity contribution < 1.29 is 9.90 Å². The van der Waals surface area contributed by atoms with E-state index < -0.39 is 5.60 Å². The van der Waals surface area contributed by atoms with Crippen molar-refractivity contribution in [2.45, 2.75) is 95.2 Å². The Balaban J connectivity index is 0.000000234. The van der Waals surface area contributed by atoms with Crippen molar-refractivity contribution in [1.82, 2.24) is 10.2 Å². The van der Waals surface area contributed by atoms with Gasteiger partial charge in [-0.1, -0.05) is 50.5 Å². The van der Waals surface area contributed by atoms with Crippen LogP contribution in [0, 0.1) is 5.92 Å². The first-order chi connectivity index (χ1) is 14.3. The molecule has 2 N–H and O–H groups in total. The molecule has 168 valence electrons. The van der Waals surface area contributed by atoms with E-state index >= 15 is 0 Å². The Bertz CT molecular complexity index is 696. The minimum Gasteiger partial charge on any atom is -0.389 e. The van der Waals surface area contributed by atoms with E-state index in [0.717, 1.165) is 32.4 Å². The molecule has 5 heteroatoms. The zero-order chi connectivity index (χ0) is 21.7. The summed E-state index contributed by atoms with van der Waals surface area (Å²) < 4.78 is 0. The summed E-state index contributed by atoms with van der Waals surface area (Å²) in [6.45, 7) is 7.74. The van der Waals surface area contributed by atoms with Crippen molar-refractivity contribution >= 4 is 17.5 Å². The van der Waals surface area contributed by atoms with Crippen LogP contribution in [0.25, 0.3) is 0 Å². The number of piperidine rings is 1. The number of carbonyl (C=O) groups excluding carboxylic acids is 1. The molecule has 2 fully saturated rings. The Hall–Kier alpha value is -1.10. The van der Waals surface area contributed by atoms with Crippen LogP contribution in [0.15, 0.2) is 24.3 Å². The summed E-state index contributed by atoms with van der Waals surface area (Å²) in [5.74, 6) is -0.148. The molecule has 1 aromatic carbocycles. The maximum Gasteiger partial charge on any atom is 0.228 e. The second-order valence-corrected chi connectivity index (χ2v) is 10.1. The summed E-state index contributed by atoms with van der Waals surface area (Å²) in [7, 11) is 0. The number of hydrogen-bond donors (Lipinski definition) is 2. The average molecular weight is 435 g/mol. The van der Waals surface area contributed by atoms with Crippen LogP contribution >= 0.6 is 11.6 Å². The monoisotopic (exact) mass is 434 g/mol. The fourth-order valence-electron chi connectivity index (χ4n) is 5.20. The number of carbonyl (C=O) groups is 1. The molecule has 0 radical (unpaired) electrons. The van der Waals surface area contributed by atoms with Crippen LogP contribution < -0.4 is 5.32 Å². The van der Waals surface area contributed by atoms with Gasteiger partial charge < -0.3 is 15.3 Å². The highest BCUT2D eigenvalue weighted by molar-refractivity contribution is 6.21. The molecule has 30 heavy (non-hydrogen) atoms. The molecule has 1 saturated heterocycles. The molecular weight excluding hydrogens is 396 g/mol. The van der Waals surface area contributed by atoms with Crippen LogP contribution in [0.2, 0.25) is 0 Å². The van der Waals surface area contributed by atoms with Crippen LogP contribution in [-0.2, 0) is 11.2 Å². The first-order valence-corrected chi connectivity index (χ1v) is 12.2. The third-order valence-electron chi connectivity index (χ3n) is 7.15. The van der Waals surface area contributed by atoms with Gasteiger partial charge in [0, 0.05) is 12.1 Å². The van der Waals surface area contributed by atoms with Crippen LogP contribution in [0.1, 0.15) is 82.2 Å². The summed E-state index contributed by atoms with van der Waals surface area (Å²) >= 11 is 5.95. The Morgan fingerprint density at radius 1 is 1.17 bits per heavy atom. The van der Waals surface area contributed by atoms with E-state index in [9.17, 15) is 9.90 Å². The lowest BCUT2D eigenvalue weighted by Gasteiger charge is -2.43. The molecule has 1 aromatic rings. The van der Waals surface area contributed by atoms with Crippen molar-refractivity contribution in [1.29, 1.82) is 0 Å². The molecule has 1 amide bonds. The van der Waals surface area contributed by atoms with E-state index in [0.29, 0.717) is 18.9 Å². The average Bonchev–Trinajstić information content (AvgIpc) is 2.99. The van der Waals surface area contributed by atoms with Gasteiger partial charge in [0.25, 0.3) is 0 Å². The lowest BCUT2D eigenvalue weighted by Crippen LogP contribution is -2.55. The van der Waals surface area contributed by atoms with E-state index in [1.807, 2.05) is 6.92 Å². The van der Waals surface area contributed by atoms with Crippen molar-refractivity contribution in [3.05, 3.63) is 35.4 Å². The van der Waals surface area contributed by atoms with E-state index in [-0.39, 0.29) is 23.2 Å². The Kier molecular flexibility index (Phi) is 8.23. The summed E-state index contributed by atoms with van der Waals surface area (Å²) in [5, 5.41) is 14.4. The molecule has 3 aliphatic rings. The summed E-state index contributed by atoms with van der Waals surface area (Å²) in [6.07, 6.45) is 8.36. The fourth-order valence-corrected chi connectivity index (χ4v) is 5.52. The normalized spacial score (nSPS) is 24.1. The number of benzene rings is 1. The minimum absolute atomic E-state index is 0.154. The van der Waals surface area contributed by atoms with Crippen molar-refractivity contribution in [3.63, 3.8) is 0 Å². The number of rotatable bonds is 4. The number of aliphatic hydroxyl groups is 1. The van der Waals surface area contributed by atoms with Gasteiger partial charge in [-0.05, 0) is 70.2 Å². The number of amides is 1. The molecule has 0 aromatic heterocycles. The van der Waals surface area contributed by atoms with Gasteiger partial charge in [0.05, 0.1) is 16.9 Å². The summed E-state index contributed by atoms with van der Waals surface area (Å²) in [6, 6.07) is 9.01. The lowest BCUT2D eigenvalue weighted by atomic mass is 9.79. The van der Waals surface area contributed by atoms with E-state index in [2.05, 4.69) is 48.3 Å².